The number of carbonyl (C=O) groups excluding carboxylic acids is 1. The number of H-pyrrole nitrogens is 1. The number of nitrogens with two attached hydrogens (primary N) is 1. The quantitative estimate of drug-likeness (QED) is 0.739. The fourth-order valence-corrected chi connectivity index (χ4v) is 1.23. The molecule has 1 aromatic rings. The van der Waals surface area contributed by atoms with E-state index in [2.05, 4.69) is 4.98 Å². The van der Waals surface area contributed by atoms with E-state index >= 15 is 0 Å². The molecule has 0 aliphatic rings. The lowest BCUT2D eigenvalue weighted by Gasteiger charge is -2.20. The summed E-state index contributed by atoms with van der Waals surface area (Å²) in [5, 5.41) is 0. The van der Waals surface area contributed by atoms with Crippen molar-refractivity contribution in [2.45, 2.75) is 26.2 Å². The van der Waals surface area contributed by atoms with E-state index in [0.29, 0.717) is 18.8 Å². The second kappa shape index (κ2) is 4.49. The monoisotopic (exact) mass is 210 g/mol. The van der Waals surface area contributed by atoms with Crippen LogP contribution in [-0.4, -0.2) is 24.1 Å². The maximum Gasteiger partial charge on any atom is 0.354 e. The molecule has 1 rings (SSSR count). The predicted octanol–water partition coefficient (Wildman–Crippen LogP) is 1.43. The Labute approximate surface area is 89.8 Å². The molecule has 0 saturated heterocycles. The first-order valence-corrected chi connectivity index (χ1v) is 5.07. The molecule has 0 unspecified atom stereocenters. The van der Waals surface area contributed by atoms with E-state index in [4.69, 9.17) is 10.5 Å². The molecule has 0 amide bonds. The molecule has 0 aliphatic heterocycles. The minimum Gasteiger partial charge on any atom is -0.461 e. The molecule has 0 saturated carbocycles. The molecule has 3 N–H and O–H groups in total. The normalized spacial score (nSPS) is 11.5. The van der Waals surface area contributed by atoms with Crippen LogP contribution in [0.4, 0.5) is 0 Å². The van der Waals surface area contributed by atoms with Crippen molar-refractivity contribution < 1.29 is 9.53 Å². The molecule has 4 heteroatoms. The van der Waals surface area contributed by atoms with Crippen LogP contribution in [0.15, 0.2) is 12.3 Å². The van der Waals surface area contributed by atoms with Gasteiger partial charge in [0, 0.05) is 18.2 Å². The molecule has 0 aliphatic carbocycles. The van der Waals surface area contributed by atoms with Crippen molar-refractivity contribution in [2.75, 3.05) is 13.2 Å². The zero-order valence-corrected chi connectivity index (χ0v) is 9.46. The molecule has 0 atom stereocenters. The second-order valence-electron chi connectivity index (χ2n) is 4.11. The Balaban J connectivity index is 2.85. The lowest BCUT2D eigenvalue weighted by molar-refractivity contribution is 0.0520. The molecule has 0 bridgehead atoms. The first-order valence-electron chi connectivity index (χ1n) is 5.07. The largest absolute Gasteiger partial charge is 0.461 e. The van der Waals surface area contributed by atoms with E-state index < -0.39 is 0 Å². The van der Waals surface area contributed by atoms with Gasteiger partial charge in [0.2, 0.25) is 0 Å². The van der Waals surface area contributed by atoms with Crippen LogP contribution in [-0.2, 0) is 10.2 Å². The van der Waals surface area contributed by atoms with Gasteiger partial charge in [-0.3, -0.25) is 0 Å². The van der Waals surface area contributed by atoms with Crippen molar-refractivity contribution in [1.82, 2.24) is 4.98 Å². The van der Waals surface area contributed by atoms with E-state index in [1.165, 1.54) is 0 Å². The Kier molecular flexibility index (Phi) is 3.52. The van der Waals surface area contributed by atoms with Crippen molar-refractivity contribution in [3.05, 3.63) is 23.5 Å². The Bertz CT molecular complexity index is 342. The second-order valence-corrected chi connectivity index (χ2v) is 4.11. The fraction of sp³-hybridized carbons (Fsp3) is 0.545. The molecule has 84 valence electrons. The van der Waals surface area contributed by atoms with Crippen molar-refractivity contribution in [1.29, 1.82) is 0 Å². The zero-order chi connectivity index (χ0) is 11.5. The van der Waals surface area contributed by atoms with Gasteiger partial charge in [0.1, 0.15) is 5.69 Å². The lowest BCUT2D eigenvalue weighted by atomic mass is 9.87. The van der Waals surface area contributed by atoms with Crippen LogP contribution >= 0.6 is 0 Å². The van der Waals surface area contributed by atoms with Gasteiger partial charge in [0.25, 0.3) is 0 Å². The molecule has 4 nitrogen and oxygen atoms in total. The van der Waals surface area contributed by atoms with Gasteiger partial charge in [0.15, 0.2) is 0 Å². The molecular formula is C11H18N2O2. The number of esters is 1. The van der Waals surface area contributed by atoms with Gasteiger partial charge >= 0.3 is 5.97 Å². The Morgan fingerprint density at radius 3 is 2.80 bits per heavy atom. The first-order chi connectivity index (χ1) is 7.01. The highest BCUT2D eigenvalue weighted by Crippen LogP contribution is 2.22. The molecule has 1 aromatic heterocycles. The fourth-order valence-electron chi connectivity index (χ4n) is 1.23. The van der Waals surface area contributed by atoms with E-state index in [1.54, 1.807) is 19.2 Å². The summed E-state index contributed by atoms with van der Waals surface area (Å²) in [6.45, 7) is 6.77. The van der Waals surface area contributed by atoms with Crippen LogP contribution in [0.3, 0.4) is 0 Å². The number of hydrogen-bond acceptors (Lipinski definition) is 3. The number of hydrogen-bond donors (Lipinski definition) is 2. The number of aromatic amines is 1. The summed E-state index contributed by atoms with van der Waals surface area (Å²) in [6, 6.07) is 1.80. The molecule has 0 aromatic carbocycles. The molecule has 1 heterocycles. The van der Waals surface area contributed by atoms with Gasteiger partial charge < -0.3 is 15.5 Å². The van der Waals surface area contributed by atoms with E-state index in [-0.39, 0.29) is 11.4 Å². The van der Waals surface area contributed by atoms with Gasteiger partial charge in [-0.2, -0.15) is 0 Å². The average molecular weight is 210 g/mol. The van der Waals surface area contributed by atoms with E-state index in [1.807, 2.05) is 13.8 Å². The summed E-state index contributed by atoms with van der Waals surface area (Å²) < 4.78 is 4.89. The Morgan fingerprint density at radius 2 is 2.27 bits per heavy atom. The van der Waals surface area contributed by atoms with Gasteiger partial charge in [-0.1, -0.05) is 13.8 Å². The summed E-state index contributed by atoms with van der Waals surface area (Å²) in [5.74, 6) is -0.323. The van der Waals surface area contributed by atoms with E-state index in [9.17, 15) is 4.79 Å². The number of rotatable bonds is 4. The van der Waals surface area contributed by atoms with Gasteiger partial charge in [-0.25, -0.2) is 4.79 Å². The van der Waals surface area contributed by atoms with Gasteiger partial charge in [-0.15, -0.1) is 0 Å². The average Bonchev–Trinajstić information content (AvgIpc) is 2.67. The number of ether oxygens (including phenoxy) is 1. The molecule has 0 spiro atoms. The van der Waals surface area contributed by atoms with Crippen LogP contribution in [0, 0.1) is 0 Å². The summed E-state index contributed by atoms with van der Waals surface area (Å²) in [4.78, 5) is 14.3. The smallest absolute Gasteiger partial charge is 0.354 e. The summed E-state index contributed by atoms with van der Waals surface area (Å²) >= 11 is 0. The predicted molar refractivity (Wildman–Crippen MR) is 58.8 cm³/mol. The summed E-state index contributed by atoms with van der Waals surface area (Å²) in [7, 11) is 0. The Hall–Kier alpha value is -1.29. The van der Waals surface area contributed by atoms with Crippen LogP contribution in [0.1, 0.15) is 36.8 Å². The molecule has 0 fully saturated rings. The molecule has 15 heavy (non-hydrogen) atoms. The standard InChI is InChI=1S/C11H18N2O2/c1-4-15-10(14)9-5-8(6-13-9)11(2,3)7-12/h5-6,13H,4,7,12H2,1-3H3. The van der Waals surface area contributed by atoms with Crippen LogP contribution in [0.5, 0.6) is 0 Å². The van der Waals surface area contributed by atoms with Crippen molar-refractivity contribution in [3.8, 4) is 0 Å². The molecular weight excluding hydrogens is 192 g/mol. The van der Waals surface area contributed by atoms with Crippen LogP contribution in [0.25, 0.3) is 0 Å². The topological polar surface area (TPSA) is 68.1 Å². The third-order valence-electron chi connectivity index (χ3n) is 2.47. The highest BCUT2D eigenvalue weighted by molar-refractivity contribution is 5.87. The minimum atomic E-state index is -0.323. The van der Waals surface area contributed by atoms with Crippen LogP contribution in [0.2, 0.25) is 0 Å². The third kappa shape index (κ3) is 2.59. The summed E-state index contributed by atoms with van der Waals surface area (Å²) in [6.07, 6.45) is 1.80. The zero-order valence-electron chi connectivity index (χ0n) is 9.46. The number of carbonyl (C=O) groups is 1. The Morgan fingerprint density at radius 1 is 1.60 bits per heavy atom. The first kappa shape index (κ1) is 11.8. The highest BCUT2D eigenvalue weighted by Gasteiger charge is 2.21. The molecule has 0 radical (unpaired) electrons. The van der Waals surface area contributed by atoms with Crippen molar-refractivity contribution in [3.63, 3.8) is 0 Å². The number of aromatic nitrogens is 1. The maximum absolute atomic E-state index is 11.4. The highest BCUT2D eigenvalue weighted by atomic mass is 16.5. The lowest BCUT2D eigenvalue weighted by Crippen LogP contribution is -2.27. The van der Waals surface area contributed by atoms with Crippen LogP contribution < -0.4 is 5.73 Å². The summed E-state index contributed by atoms with van der Waals surface area (Å²) in [5.41, 5.74) is 7.03. The SMILES string of the molecule is CCOC(=O)c1cc(C(C)(C)CN)c[nH]1. The van der Waals surface area contributed by atoms with Crippen molar-refractivity contribution in [2.24, 2.45) is 5.73 Å². The van der Waals surface area contributed by atoms with E-state index in [0.717, 1.165) is 5.56 Å². The van der Waals surface area contributed by atoms with Gasteiger partial charge in [0.05, 0.1) is 6.61 Å². The minimum absolute atomic E-state index is 0.124. The maximum atomic E-state index is 11.4. The van der Waals surface area contributed by atoms with Gasteiger partial charge in [-0.05, 0) is 18.6 Å². The third-order valence-corrected chi connectivity index (χ3v) is 2.47. The van der Waals surface area contributed by atoms with Crippen molar-refractivity contribution >= 4 is 5.97 Å². The number of nitrogens with one attached hydrogen (secondary N) is 1.